The summed E-state index contributed by atoms with van der Waals surface area (Å²) < 4.78 is 4.78. The van der Waals surface area contributed by atoms with Gasteiger partial charge in [-0.1, -0.05) is 0 Å². The Kier molecular flexibility index (Phi) is 1.04. The molecule has 0 spiro atoms. The smallest absolute Gasteiger partial charge is 0.262 e. The molecule has 0 aromatic carbocycles. The second kappa shape index (κ2) is 1.35. The van der Waals surface area contributed by atoms with Crippen molar-refractivity contribution in [3.05, 3.63) is 0 Å². The summed E-state index contributed by atoms with van der Waals surface area (Å²) >= 11 is 1.28. The van der Waals surface area contributed by atoms with Crippen molar-refractivity contribution in [1.29, 1.82) is 0 Å². The quantitative estimate of drug-likeness (QED) is 0.295. The van der Waals surface area contributed by atoms with E-state index in [0.717, 1.165) is 0 Å². The highest BCUT2D eigenvalue weighted by molar-refractivity contribution is 8.01. The first kappa shape index (κ1) is 5.37. The molecule has 0 aromatic heterocycles. The summed E-state index contributed by atoms with van der Waals surface area (Å²) in [6, 6.07) is 0. The van der Waals surface area contributed by atoms with Crippen LogP contribution in [0.15, 0.2) is 0 Å². The maximum atomic E-state index is 5.46. The summed E-state index contributed by atoms with van der Waals surface area (Å²) in [5, 5.41) is -0.500. The number of rotatable bonds is 1. The van der Waals surface area contributed by atoms with Crippen LogP contribution in [0.2, 0.25) is 0 Å². The standard InChI is InChI=1S/C3H8N2OS/c1-5(2)3(4)6-7-3/h4H2,1-2H3. The van der Waals surface area contributed by atoms with E-state index in [-0.39, 0.29) is 0 Å². The molecule has 2 N–H and O–H groups in total. The average Bonchev–Trinajstić information content (AvgIpc) is 2.21. The molecule has 1 rings (SSSR count). The molecular formula is C3H8N2OS. The van der Waals surface area contributed by atoms with Crippen LogP contribution in [0.5, 0.6) is 0 Å². The summed E-state index contributed by atoms with van der Waals surface area (Å²) in [5.74, 6) is 0. The molecule has 0 aromatic rings. The highest BCUT2D eigenvalue weighted by Gasteiger charge is 2.45. The molecule has 1 heterocycles. The van der Waals surface area contributed by atoms with Crippen molar-refractivity contribution < 1.29 is 4.18 Å². The van der Waals surface area contributed by atoms with E-state index in [1.165, 1.54) is 12.0 Å². The highest BCUT2D eigenvalue weighted by Crippen LogP contribution is 2.42. The van der Waals surface area contributed by atoms with E-state index in [1.807, 2.05) is 19.0 Å². The minimum absolute atomic E-state index is 0.500. The normalized spacial score (nSPS) is 39.4. The fraction of sp³-hybridized carbons (Fsp3) is 1.00. The van der Waals surface area contributed by atoms with Crippen LogP contribution >= 0.6 is 12.0 Å². The summed E-state index contributed by atoms with van der Waals surface area (Å²) in [6.07, 6.45) is 0. The molecule has 1 unspecified atom stereocenters. The minimum Gasteiger partial charge on any atom is -0.278 e. The van der Waals surface area contributed by atoms with Gasteiger partial charge in [-0.15, -0.1) is 0 Å². The maximum Gasteiger partial charge on any atom is 0.262 e. The van der Waals surface area contributed by atoms with Gasteiger partial charge in [0.15, 0.2) is 0 Å². The summed E-state index contributed by atoms with van der Waals surface area (Å²) in [7, 11) is 3.75. The highest BCUT2D eigenvalue weighted by atomic mass is 32.2. The van der Waals surface area contributed by atoms with Crippen LogP contribution in [0, 0.1) is 0 Å². The summed E-state index contributed by atoms with van der Waals surface area (Å²) in [4.78, 5) is 1.82. The van der Waals surface area contributed by atoms with Crippen LogP contribution in [-0.2, 0) is 4.18 Å². The van der Waals surface area contributed by atoms with Gasteiger partial charge >= 0.3 is 0 Å². The molecule has 1 saturated heterocycles. The lowest BCUT2D eigenvalue weighted by molar-refractivity contribution is 0.138. The largest absolute Gasteiger partial charge is 0.278 e. The Hall–Kier alpha value is 0.230. The van der Waals surface area contributed by atoms with Crippen LogP contribution in [0.4, 0.5) is 0 Å². The number of hydrogen-bond donors (Lipinski definition) is 1. The summed E-state index contributed by atoms with van der Waals surface area (Å²) in [5.41, 5.74) is 5.46. The van der Waals surface area contributed by atoms with Crippen molar-refractivity contribution in [3.63, 3.8) is 0 Å². The van der Waals surface area contributed by atoms with Crippen molar-refractivity contribution in [2.75, 3.05) is 14.1 Å². The molecule has 42 valence electrons. The first-order valence-corrected chi connectivity index (χ1v) is 2.72. The average molecular weight is 120 g/mol. The zero-order chi connectivity index (χ0) is 5.49. The lowest BCUT2D eigenvalue weighted by atomic mass is 10.8. The van der Waals surface area contributed by atoms with E-state index in [2.05, 4.69) is 0 Å². The van der Waals surface area contributed by atoms with E-state index in [0.29, 0.717) is 0 Å². The van der Waals surface area contributed by atoms with E-state index in [9.17, 15) is 0 Å². The predicted octanol–water partition coefficient (Wildman–Crippen LogP) is -0.204. The van der Waals surface area contributed by atoms with Gasteiger partial charge < -0.3 is 0 Å². The molecule has 3 nitrogen and oxygen atoms in total. The monoisotopic (exact) mass is 120 g/mol. The van der Waals surface area contributed by atoms with Gasteiger partial charge in [0, 0.05) is 0 Å². The number of hydrogen-bond acceptors (Lipinski definition) is 4. The van der Waals surface area contributed by atoms with E-state index in [1.54, 1.807) is 0 Å². The third kappa shape index (κ3) is 0.884. The molecule has 1 atom stereocenters. The van der Waals surface area contributed by atoms with Crippen LogP contribution in [-0.4, -0.2) is 24.2 Å². The van der Waals surface area contributed by atoms with Crippen LogP contribution in [0.1, 0.15) is 0 Å². The van der Waals surface area contributed by atoms with E-state index >= 15 is 0 Å². The number of nitrogens with two attached hydrogens (primary N) is 1. The van der Waals surface area contributed by atoms with Gasteiger partial charge in [-0.25, -0.2) is 0 Å². The molecule has 0 amide bonds. The van der Waals surface area contributed by atoms with Gasteiger partial charge in [0.05, 0.1) is 12.0 Å². The van der Waals surface area contributed by atoms with E-state index < -0.39 is 5.18 Å². The topological polar surface area (TPSA) is 41.8 Å². The third-order valence-corrected chi connectivity index (χ3v) is 1.75. The molecule has 1 aliphatic rings. The van der Waals surface area contributed by atoms with E-state index in [4.69, 9.17) is 9.92 Å². The molecular weight excluding hydrogens is 112 g/mol. The zero-order valence-electron chi connectivity index (χ0n) is 4.34. The lowest BCUT2D eigenvalue weighted by Crippen LogP contribution is -2.38. The molecule has 0 saturated carbocycles. The molecule has 0 aliphatic carbocycles. The Balaban J connectivity index is 2.39. The van der Waals surface area contributed by atoms with Crippen molar-refractivity contribution in [1.82, 2.24) is 4.90 Å². The SMILES string of the molecule is CN(C)C1(N)OS1. The third-order valence-electron chi connectivity index (χ3n) is 0.877. The molecule has 4 heteroatoms. The van der Waals surface area contributed by atoms with Crippen molar-refractivity contribution in [3.8, 4) is 0 Å². The van der Waals surface area contributed by atoms with Gasteiger partial charge in [0.1, 0.15) is 0 Å². The lowest BCUT2D eigenvalue weighted by Gasteiger charge is -2.10. The van der Waals surface area contributed by atoms with Crippen molar-refractivity contribution in [2.24, 2.45) is 5.73 Å². The molecule has 7 heavy (non-hydrogen) atoms. The van der Waals surface area contributed by atoms with Gasteiger partial charge in [-0.2, -0.15) is 0 Å². The Labute approximate surface area is 47.0 Å². The Morgan fingerprint density at radius 1 is 1.71 bits per heavy atom. The minimum atomic E-state index is -0.500. The van der Waals surface area contributed by atoms with Gasteiger partial charge in [0.25, 0.3) is 5.18 Å². The first-order valence-electron chi connectivity index (χ1n) is 1.98. The van der Waals surface area contributed by atoms with Crippen LogP contribution in [0.3, 0.4) is 0 Å². The molecule has 1 aliphatic heterocycles. The molecule has 0 radical (unpaired) electrons. The maximum absolute atomic E-state index is 5.46. The zero-order valence-corrected chi connectivity index (χ0v) is 5.16. The Bertz CT molecular complexity index is 81.0. The Morgan fingerprint density at radius 3 is 2.14 bits per heavy atom. The van der Waals surface area contributed by atoms with Crippen LogP contribution < -0.4 is 5.73 Å². The van der Waals surface area contributed by atoms with Gasteiger partial charge in [-0.3, -0.25) is 14.8 Å². The predicted molar refractivity (Wildman–Crippen MR) is 29.3 cm³/mol. The second-order valence-corrected chi connectivity index (χ2v) is 2.61. The first-order chi connectivity index (χ1) is 3.15. The molecule has 0 bridgehead atoms. The molecule has 1 fully saturated rings. The fourth-order valence-electron chi connectivity index (χ4n) is 0.192. The van der Waals surface area contributed by atoms with Crippen molar-refractivity contribution in [2.45, 2.75) is 5.18 Å². The van der Waals surface area contributed by atoms with Gasteiger partial charge in [-0.05, 0) is 14.1 Å². The second-order valence-electron chi connectivity index (χ2n) is 1.69. The number of nitrogens with zero attached hydrogens (tertiary/aromatic N) is 1. The van der Waals surface area contributed by atoms with Gasteiger partial charge in [0.2, 0.25) is 0 Å². The van der Waals surface area contributed by atoms with Crippen molar-refractivity contribution >= 4 is 12.0 Å². The van der Waals surface area contributed by atoms with Crippen LogP contribution in [0.25, 0.3) is 0 Å². The fourth-order valence-corrected chi connectivity index (χ4v) is 0.575. The Morgan fingerprint density at radius 2 is 2.14 bits per heavy atom. The summed E-state index contributed by atoms with van der Waals surface area (Å²) in [6.45, 7) is 0.